The average molecular weight is 253 g/mol. The van der Waals surface area contributed by atoms with Crippen molar-refractivity contribution in [1.29, 1.82) is 0 Å². The van der Waals surface area contributed by atoms with Crippen LogP contribution in [-0.2, 0) is 0 Å². The van der Waals surface area contributed by atoms with Gasteiger partial charge >= 0.3 is 6.03 Å². The number of anilines is 1. The Morgan fingerprint density at radius 1 is 1.53 bits per heavy atom. The summed E-state index contributed by atoms with van der Waals surface area (Å²) >= 11 is 4.71. The lowest BCUT2D eigenvalue weighted by molar-refractivity contribution is 0.230. The van der Waals surface area contributed by atoms with Crippen molar-refractivity contribution in [2.45, 2.75) is 0 Å². The topological polar surface area (TPSA) is 67.6 Å². The van der Waals surface area contributed by atoms with Crippen molar-refractivity contribution in [3.63, 3.8) is 0 Å². The molecule has 0 fully saturated rings. The van der Waals surface area contributed by atoms with Crippen molar-refractivity contribution in [3.8, 4) is 5.75 Å². The van der Waals surface area contributed by atoms with Crippen LogP contribution >= 0.6 is 12.2 Å². The second-order valence-electron chi connectivity index (χ2n) is 3.61. The summed E-state index contributed by atoms with van der Waals surface area (Å²) in [7, 11) is 3.34. The fourth-order valence-corrected chi connectivity index (χ4v) is 1.11. The fraction of sp³-hybridized carbons (Fsp3) is 0.273. The van der Waals surface area contributed by atoms with Crippen molar-refractivity contribution in [2.24, 2.45) is 5.73 Å². The number of rotatable bonds is 4. The summed E-state index contributed by atoms with van der Waals surface area (Å²) in [5, 5.41) is 2.71. The molecule has 17 heavy (non-hydrogen) atoms. The molecule has 1 aromatic rings. The molecule has 0 radical (unpaired) electrons. The van der Waals surface area contributed by atoms with Crippen LogP contribution in [0.3, 0.4) is 0 Å². The zero-order chi connectivity index (χ0) is 12.8. The molecule has 6 heteroatoms. The Morgan fingerprint density at radius 3 is 2.82 bits per heavy atom. The highest BCUT2D eigenvalue weighted by molar-refractivity contribution is 7.80. The summed E-state index contributed by atoms with van der Waals surface area (Å²) < 4.78 is 5.32. The lowest BCUT2D eigenvalue weighted by atomic mass is 10.3. The zero-order valence-electron chi connectivity index (χ0n) is 9.77. The van der Waals surface area contributed by atoms with Gasteiger partial charge in [0.05, 0.1) is 0 Å². The number of thiocarbonyl (C=S) groups is 1. The van der Waals surface area contributed by atoms with E-state index in [0.717, 1.165) is 0 Å². The van der Waals surface area contributed by atoms with Crippen LogP contribution < -0.4 is 15.8 Å². The van der Waals surface area contributed by atoms with E-state index in [2.05, 4.69) is 5.32 Å². The van der Waals surface area contributed by atoms with E-state index in [1.165, 1.54) is 4.90 Å². The Morgan fingerprint density at radius 2 is 2.24 bits per heavy atom. The minimum Gasteiger partial charge on any atom is -0.486 e. The second-order valence-corrected chi connectivity index (χ2v) is 4.13. The highest BCUT2D eigenvalue weighted by atomic mass is 32.1. The number of amides is 2. The van der Waals surface area contributed by atoms with E-state index in [1.807, 2.05) is 0 Å². The normalized spacial score (nSPS) is 9.53. The van der Waals surface area contributed by atoms with Gasteiger partial charge in [-0.15, -0.1) is 0 Å². The standard InChI is InChI=1S/C11H15N3O2S/c1-14(2)11(15)13-8-4-3-5-9(6-8)16-7-10(12)17/h3-6H,7H2,1-2H3,(H2,12,17)(H,13,15). The van der Waals surface area contributed by atoms with Crippen LogP contribution in [0.2, 0.25) is 0 Å². The van der Waals surface area contributed by atoms with Crippen LogP contribution in [0, 0.1) is 0 Å². The fourth-order valence-electron chi connectivity index (χ4n) is 1.05. The van der Waals surface area contributed by atoms with Crippen LogP contribution in [0.1, 0.15) is 0 Å². The van der Waals surface area contributed by atoms with Gasteiger partial charge in [-0.1, -0.05) is 18.3 Å². The Balaban J connectivity index is 2.65. The molecule has 5 nitrogen and oxygen atoms in total. The Labute approximate surface area is 106 Å². The van der Waals surface area contributed by atoms with Gasteiger partial charge in [0, 0.05) is 25.8 Å². The van der Waals surface area contributed by atoms with Crippen LogP contribution in [0.15, 0.2) is 24.3 Å². The first-order valence-electron chi connectivity index (χ1n) is 4.98. The van der Waals surface area contributed by atoms with E-state index in [1.54, 1.807) is 38.4 Å². The number of hydrogen-bond donors (Lipinski definition) is 2. The van der Waals surface area contributed by atoms with Gasteiger partial charge in [0.25, 0.3) is 0 Å². The largest absolute Gasteiger partial charge is 0.486 e. The molecule has 1 aromatic carbocycles. The number of urea groups is 1. The minimum atomic E-state index is -0.198. The molecule has 0 aromatic heterocycles. The molecule has 0 aliphatic rings. The zero-order valence-corrected chi connectivity index (χ0v) is 10.6. The maximum absolute atomic E-state index is 11.4. The van der Waals surface area contributed by atoms with Crippen LogP contribution in [0.25, 0.3) is 0 Å². The van der Waals surface area contributed by atoms with Crippen LogP contribution in [-0.4, -0.2) is 36.6 Å². The molecule has 0 heterocycles. The van der Waals surface area contributed by atoms with Crippen LogP contribution in [0.5, 0.6) is 5.75 Å². The lowest BCUT2D eigenvalue weighted by Crippen LogP contribution is -2.27. The highest BCUT2D eigenvalue weighted by Gasteiger charge is 2.04. The summed E-state index contributed by atoms with van der Waals surface area (Å²) in [4.78, 5) is 13.2. The van der Waals surface area contributed by atoms with E-state index in [4.69, 9.17) is 22.7 Å². The van der Waals surface area contributed by atoms with Gasteiger partial charge in [0.15, 0.2) is 0 Å². The molecule has 0 saturated carbocycles. The van der Waals surface area contributed by atoms with Gasteiger partial charge in [0.1, 0.15) is 17.3 Å². The number of ether oxygens (including phenoxy) is 1. The molecule has 2 amide bonds. The molecule has 1 rings (SSSR count). The maximum Gasteiger partial charge on any atom is 0.321 e. The lowest BCUT2D eigenvalue weighted by Gasteiger charge is -2.12. The Kier molecular flexibility index (Phi) is 4.71. The predicted molar refractivity (Wildman–Crippen MR) is 71.4 cm³/mol. The quantitative estimate of drug-likeness (QED) is 0.797. The van der Waals surface area contributed by atoms with Crippen molar-refractivity contribution in [1.82, 2.24) is 4.90 Å². The first-order valence-corrected chi connectivity index (χ1v) is 5.39. The number of nitrogens with one attached hydrogen (secondary N) is 1. The predicted octanol–water partition coefficient (Wildman–Crippen LogP) is 1.45. The SMILES string of the molecule is CN(C)C(=O)Nc1cccc(OCC(N)=S)c1. The maximum atomic E-state index is 11.4. The monoisotopic (exact) mass is 253 g/mol. The molecule has 0 aliphatic carbocycles. The van der Waals surface area contributed by atoms with Crippen molar-refractivity contribution in [2.75, 3.05) is 26.0 Å². The molecule has 3 N–H and O–H groups in total. The number of carbonyl (C=O) groups excluding carboxylic acids is 1. The van der Waals surface area contributed by atoms with Crippen molar-refractivity contribution >= 4 is 28.9 Å². The second kappa shape index (κ2) is 6.05. The van der Waals surface area contributed by atoms with Crippen molar-refractivity contribution < 1.29 is 9.53 Å². The van der Waals surface area contributed by atoms with Crippen LogP contribution in [0.4, 0.5) is 10.5 Å². The highest BCUT2D eigenvalue weighted by Crippen LogP contribution is 2.17. The first kappa shape index (κ1) is 13.2. The molecule has 0 atom stereocenters. The number of hydrogen-bond acceptors (Lipinski definition) is 3. The number of nitrogens with two attached hydrogens (primary N) is 1. The van der Waals surface area contributed by atoms with E-state index in [-0.39, 0.29) is 17.6 Å². The third-order valence-electron chi connectivity index (χ3n) is 1.87. The van der Waals surface area contributed by atoms with Gasteiger partial charge in [-0.2, -0.15) is 0 Å². The van der Waals surface area contributed by atoms with Gasteiger partial charge < -0.3 is 20.7 Å². The van der Waals surface area contributed by atoms with E-state index in [0.29, 0.717) is 11.4 Å². The summed E-state index contributed by atoms with van der Waals surface area (Å²) in [5.74, 6) is 0.606. The van der Waals surface area contributed by atoms with Gasteiger partial charge in [0.2, 0.25) is 0 Å². The van der Waals surface area contributed by atoms with Gasteiger partial charge in [-0.05, 0) is 12.1 Å². The molecule has 92 valence electrons. The third-order valence-corrected chi connectivity index (χ3v) is 1.99. The summed E-state index contributed by atoms with van der Waals surface area (Å²) in [6, 6.07) is 6.83. The molecular weight excluding hydrogens is 238 g/mol. The summed E-state index contributed by atoms with van der Waals surface area (Å²) in [6.45, 7) is 0.181. The molecule has 0 aliphatic heterocycles. The number of benzene rings is 1. The summed E-state index contributed by atoms with van der Waals surface area (Å²) in [6.07, 6.45) is 0. The van der Waals surface area contributed by atoms with E-state index in [9.17, 15) is 4.79 Å². The molecule has 0 spiro atoms. The average Bonchev–Trinajstić information content (AvgIpc) is 2.26. The Hall–Kier alpha value is -1.82. The van der Waals surface area contributed by atoms with Gasteiger partial charge in [-0.3, -0.25) is 0 Å². The van der Waals surface area contributed by atoms with E-state index >= 15 is 0 Å². The Bertz CT molecular complexity index is 421. The summed E-state index contributed by atoms with van der Waals surface area (Å²) in [5.41, 5.74) is 5.99. The van der Waals surface area contributed by atoms with Gasteiger partial charge in [-0.25, -0.2) is 4.79 Å². The van der Waals surface area contributed by atoms with E-state index < -0.39 is 0 Å². The number of nitrogens with zero attached hydrogens (tertiary/aromatic N) is 1. The molecule has 0 unspecified atom stereocenters. The third kappa shape index (κ3) is 4.69. The smallest absolute Gasteiger partial charge is 0.321 e. The molecule has 0 saturated heterocycles. The van der Waals surface area contributed by atoms with Crippen molar-refractivity contribution in [3.05, 3.63) is 24.3 Å². The molecule has 0 bridgehead atoms. The number of carbonyl (C=O) groups is 1. The minimum absolute atomic E-state index is 0.181. The molecular formula is C11H15N3O2S. The first-order chi connectivity index (χ1) is 7.99.